The third-order valence-corrected chi connectivity index (χ3v) is 12.1. The highest BCUT2D eigenvalue weighted by atomic mass is 16.6. The number of primary amides is 1. The van der Waals surface area contributed by atoms with Gasteiger partial charge in [0.1, 0.15) is 25.2 Å². The quantitative estimate of drug-likeness (QED) is 0.0115. The Hall–Kier alpha value is -7.06. The number of unbranched alkanes of at least 4 members (excludes halogenated alkanes) is 9. The lowest BCUT2D eigenvalue weighted by molar-refractivity contribution is -0.137. The molecule has 10 amide bonds. The molecule has 2 rings (SSSR count). The van der Waals surface area contributed by atoms with Crippen LogP contribution < -0.4 is 43.2 Å². The molecule has 1 aromatic carbocycles. The fourth-order valence-electron chi connectivity index (χ4n) is 7.91. The largest absolute Gasteiger partial charge is 0.443 e. The number of imide groups is 1. The van der Waals surface area contributed by atoms with Gasteiger partial charge in [-0.2, -0.15) is 0 Å². The van der Waals surface area contributed by atoms with Crippen LogP contribution in [0.25, 0.3) is 0 Å². The van der Waals surface area contributed by atoms with E-state index in [2.05, 4.69) is 75.6 Å². The summed E-state index contributed by atoms with van der Waals surface area (Å²) in [4.78, 5) is 126. The summed E-state index contributed by atoms with van der Waals surface area (Å²) in [7, 11) is 0. The van der Waals surface area contributed by atoms with E-state index in [9.17, 15) is 47.9 Å². The zero-order valence-corrected chi connectivity index (χ0v) is 44.4. The van der Waals surface area contributed by atoms with Crippen LogP contribution in [0.2, 0.25) is 0 Å². The Morgan fingerprint density at radius 3 is 2.01 bits per heavy atom. The second-order valence-electron chi connectivity index (χ2n) is 18.7. The lowest BCUT2D eigenvalue weighted by atomic mass is 9.90. The molecule has 0 aliphatic carbocycles. The van der Waals surface area contributed by atoms with Crippen molar-refractivity contribution in [3.8, 4) is 0 Å². The molecule has 75 heavy (non-hydrogen) atoms. The van der Waals surface area contributed by atoms with Gasteiger partial charge in [0.2, 0.25) is 17.7 Å². The van der Waals surface area contributed by atoms with E-state index in [4.69, 9.17) is 15.2 Å². The summed E-state index contributed by atoms with van der Waals surface area (Å²) in [5.74, 6) is -3.58. The van der Waals surface area contributed by atoms with Gasteiger partial charge < -0.3 is 41.8 Å². The van der Waals surface area contributed by atoms with Gasteiger partial charge in [-0.3, -0.25) is 43.9 Å². The zero-order chi connectivity index (χ0) is 55.2. The standard InChI is InChI=1S/C54H83N9O12/c1-5-7-9-11-12-13-14-15-17-20-25-41(24-19-16-10-8-6-2)44(37-64)75-53(72)57-36-46(66)61-62-54(73)74-38-40-28-30-42(31-29-40)58-50(69)43(26-23-34-56-52(55)71)59-51(70)49(39(3)4)60-45(65)27-21-18-22-35-63-47(67)32-33-48(63)68/h7,9,12-13,28-33,37,39,41,43-44,49H,5-6,8,10-11,14-27,34-36,38H2,1-4H3,(H,57,72)(H,58,69)(H,59,70)(H,60,65)(H,61,66)(H,62,73)(H3,55,56,71)/t41?,43-,44?,49-/m0/s1. The summed E-state index contributed by atoms with van der Waals surface area (Å²) in [6.07, 6.45) is 23.4. The summed E-state index contributed by atoms with van der Waals surface area (Å²) < 4.78 is 10.7. The Kier molecular flexibility index (Phi) is 32.9. The maximum absolute atomic E-state index is 13.6. The Morgan fingerprint density at radius 1 is 0.693 bits per heavy atom. The topological polar surface area (TPSA) is 303 Å². The number of hydrogen-bond acceptors (Lipinski definition) is 12. The van der Waals surface area contributed by atoms with Gasteiger partial charge in [-0.1, -0.05) is 115 Å². The van der Waals surface area contributed by atoms with E-state index in [0.717, 1.165) is 88.4 Å². The molecule has 21 nitrogen and oxygen atoms in total. The van der Waals surface area contributed by atoms with Crippen molar-refractivity contribution in [1.82, 2.24) is 37.0 Å². The van der Waals surface area contributed by atoms with E-state index in [1.165, 1.54) is 12.2 Å². The van der Waals surface area contributed by atoms with Crippen molar-refractivity contribution in [2.24, 2.45) is 17.6 Å². The molecule has 0 fully saturated rings. The predicted molar refractivity (Wildman–Crippen MR) is 284 cm³/mol. The molecule has 1 aromatic rings. The number of nitrogens with one attached hydrogen (secondary N) is 7. The zero-order valence-electron chi connectivity index (χ0n) is 44.4. The van der Waals surface area contributed by atoms with Crippen molar-refractivity contribution in [3.05, 3.63) is 66.3 Å². The summed E-state index contributed by atoms with van der Waals surface area (Å²) in [5.41, 5.74) is 10.3. The highest BCUT2D eigenvalue weighted by molar-refractivity contribution is 6.12. The van der Waals surface area contributed by atoms with Crippen molar-refractivity contribution < 1.29 is 57.4 Å². The number of urea groups is 1. The van der Waals surface area contributed by atoms with Gasteiger partial charge in [-0.25, -0.2) is 19.8 Å². The summed E-state index contributed by atoms with van der Waals surface area (Å²) >= 11 is 0. The summed E-state index contributed by atoms with van der Waals surface area (Å²) in [6, 6.07) is 3.42. The minimum Gasteiger partial charge on any atom is -0.443 e. The first-order chi connectivity index (χ1) is 36.1. The van der Waals surface area contributed by atoms with E-state index in [-0.39, 0.29) is 68.5 Å². The van der Waals surface area contributed by atoms with Crippen LogP contribution >= 0.6 is 0 Å². The molecule has 0 radical (unpaired) electrons. The number of nitrogens with zero attached hydrogens (tertiary/aromatic N) is 1. The van der Waals surface area contributed by atoms with Crippen LogP contribution in [0.1, 0.15) is 155 Å². The number of anilines is 1. The smallest absolute Gasteiger partial charge is 0.426 e. The van der Waals surface area contributed by atoms with Crippen LogP contribution in [-0.4, -0.2) is 103 Å². The molecular formula is C54H83N9O12. The van der Waals surface area contributed by atoms with Crippen LogP contribution in [0.3, 0.4) is 0 Å². The van der Waals surface area contributed by atoms with Crippen molar-refractivity contribution in [3.63, 3.8) is 0 Å². The molecule has 9 N–H and O–H groups in total. The SMILES string of the molecule is CCC=CCC=CCCCCCC(CCCCCCC)C(C=O)OC(=O)NCC(=O)NNC(=O)OCc1ccc(NC(=O)[C@H](CCCNC(N)=O)NC(=O)[C@@H](NC(=O)CCCCCN2C(=O)C=CC2=O)C(C)C)cc1. The minimum absolute atomic E-state index is 0.0987. The monoisotopic (exact) mass is 1050 g/mol. The van der Waals surface area contributed by atoms with E-state index in [0.29, 0.717) is 36.8 Å². The Balaban J connectivity index is 1.84. The van der Waals surface area contributed by atoms with Gasteiger partial charge in [0.15, 0.2) is 12.4 Å². The van der Waals surface area contributed by atoms with Crippen molar-refractivity contribution >= 4 is 65.6 Å². The maximum Gasteiger partial charge on any atom is 0.426 e. The molecule has 0 bridgehead atoms. The van der Waals surface area contributed by atoms with Crippen molar-refractivity contribution in [1.29, 1.82) is 0 Å². The second kappa shape index (κ2) is 38.5. The highest BCUT2D eigenvalue weighted by Gasteiger charge is 2.30. The van der Waals surface area contributed by atoms with Gasteiger partial charge in [0, 0.05) is 43.3 Å². The lowest BCUT2D eigenvalue weighted by Gasteiger charge is -2.25. The fraction of sp³-hybridized carbons (Fsp3) is 0.593. The minimum atomic E-state index is -1.09. The number of amides is 10. The number of ether oxygens (including phenoxy) is 2. The molecule has 0 saturated carbocycles. The average molecular weight is 1050 g/mol. The number of hydrazine groups is 1. The molecule has 0 spiro atoms. The third kappa shape index (κ3) is 28.8. The van der Waals surface area contributed by atoms with Crippen LogP contribution in [-0.2, 0) is 49.6 Å². The first kappa shape index (κ1) is 64.1. The molecule has 2 unspecified atom stereocenters. The number of carbonyl (C=O) groups excluding carboxylic acids is 10. The fourth-order valence-corrected chi connectivity index (χ4v) is 7.91. The molecule has 0 aromatic heterocycles. The first-order valence-corrected chi connectivity index (χ1v) is 26.6. The first-order valence-electron chi connectivity index (χ1n) is 26.6. The van der Waals surface area contributed by atoms with E-state index in [1.807, 2.05) is 0 Å². The Morgan fingerprint density at radius 2 is 1.36 bits per heavy atom. The summed E-state index contributed by atoms with van der Waals surface area (Å²) in [6.45, 7) is 7.33. The van der Waals surface area contributed by atoms with Crippen LogP contribution in [0.5, 0.6) is 0 Å². The number of rotatable bonds is 38. The highest BCUT2D eigenvalue weighted by Crippen LogP contribution is 2.24. The van der Waals surface area contributed by atoms with Crippen molar-refractivity contribution in [2.75, 3.05) is 25.0 Å². The number of allylic oxidation sites excluding steroid dienone is 4. The number of nitrogens with two attached hydrogens (primary N) is 1. The number of aldehydes is 1. The molecule has 416 valence electrons. The molecule has 1 aliphatic heterocycles. The predicted octanol–water partition coefficient (Wildman–Crippen LogP) is 6.58. The van der Waals surface area contributed by atoms with Gasteiger partial charge in [0.25, 0.3) is 17.7 Å². The molecule has 4 atom stereocenters. The lowest BCUT2D eigenvalue weighted by Crippen LogP contribution is -2.54. The molecule has 21 heteroatoms. The van der Waals surface area contributed by atoms with Gasteiger partial charge in [0.05, 0.1) is 0 Å². The van der Waals surface area contributed by atoms with Gasteiger partial charge in [-0.15, -0.1) is 0 Å². The third-order valence-electron chi connectivity index (χ3n) is 12.1. The average Bonchev–Trinajstić information content (AvgIpc) is 3.71. The molecule has 1 heterocycles. The summed E-state index contributed by atoms with van der Waals surface area (Å²) in [5, 5.41) is 13.0. The molecule has 0 saturated heterocycles. The number of carbonyl (C=O) groups is 10. The van der Waals surface area contributed by atoms with E-state index >= 15 is 0 Å². The maximum atomic E-state index is 13.6. The second-order valence-corrected chi connectivity index (χ2v) is 18.7. The van der Waals surface area contributed by atoms with Crippen LogP contribution in [0, 0.1) is 11.8 Å². The number of benzene rings is 1. The Labute approximate surface area is 442 Å². The van der Waals surface area contributed by atoms with Crippen LogP contribution in [0.15, 0.2) is 60.7 Å². The van der Waals surface area contributed by atoms with E-state index in [1.54, 1.807) is 38.1 Å². The normalized spacial score (nSPS) is 13.7. The molecular weight excluding hydrogens is 967 g/mol. The van der Waals surface area contributed by atoms with Crippen LogP contribution in [0.4, 0.5) is 20.1 Å². The molecule has 1 aliphatic rings. The number of hydrogen-bond donors (Lipinski definition) is 8. The van der Waals surface area contributed by atoms with E-state index < -0.39 is 60.7 Å². The van der Waals surface area contributed by atoms with Gasteiger partial charge in [-0.05, 0) is 87.8 Å². The van der Waals surface area contributed by atoms with Gasteiger partial charge >= 0.3 is 18.2 Å². The number of alkyl carbamates (subject to hydrolysis) is 1. The van der Waals surface area contributed by atoms with Crippen molar-refractivity contribution in [2.45, 2.75) is 174 Å². The Bertz CT molecular complexity index is 2040.